The molecule has 0 spiro atoms. The van der Waals surface area contributed by atoms with Gasteiger partial charge >= 0.3 is 5.97 Å². The fourth-order valence-electron chi connectivity index (χ4n) is 4.50. The summed E-state index contributed by atoms with van der Waals surface area (Å²) in [4.78, 5) is 24.5. The number of carbonyl (C=O) groups is 2. The summed E-state index contributed by atoms with van der Waals surface area (Å²) >= 11 is 0. The summed E-state index contributed by atoms with van der Waals surface area (Å²) in [6.45, 7) is 0. The van der Waals surface area contributed by atoms with Crippen molar-refractivity contribution in [2.24, 2.45) is 35.5 Å². The predicted octanol–water partition coefficient (Wildman–Crippen LogP) is 2.40. The molecule has 2 fully saturated rings. The standard InChI is InChI=1S/C18H19NO4/c1-23-10-4-2-3-9(7-10)19-17(20)15-11-5-6-12(14-8-13(11)14)16(15)18(21)22/h2-7,11-16H,8H2,1H3,(H,19,20)(H,21,22)/t11-,12-,13-,14-,15+,16+/m0/s1. The zero-order valence-electron chi connectivity index (χ0n) is 12.8. The van der Waals surface area contributed by atoms with Gasteiger partial charge in [0.1, 0.15) is 5.75 Å². The molecule has 0 unspecified atom stereocenters. The lowest BCUT2D eigenvalue weighted by molar-refractivity contribution is -0.152. The fourth-order valence-corrected chi connectivity index (χ4v) is 4.50. The third-order valence-electron chi connectivity index (χ3n) is 5.58. The van der Waals surface area contributed by atoms with E-state index in [9.17, 15) is 14.7 Å². The maximum Gasteiger partial charge on any atom is 0.307 e. The Bertz CT molecular complexity index is 698. The van der Waals surface area contributed by atoms with Crippen LogP contribution in [-0.2, 0) is 9.59 Å². The van der Waals surface area contributed by atoms with E-state index in [-0.39, 0.29) is 17.7 Å². The van der Waals surface area contributed by atoms with Gasteiger partial charge in [-0.1, -0.05) is 18.2 Å². The van der Waals surface area contributed by atoms with Gasteiger partial charge < -0.3 is 15.2 Å². The van der Waals surface area contributed by atoms with Gasteiger partial charge in [-0.3, -0.25) is 9.59 Å². The summed E-state index contributed by atoms with van der Waals surface area (Å²) in [5, 5.41) is 12.5. The average Bonchev–Trinajstić information content (AvgIpc) is 3.36. The molecule has 0 aliphatic heterocycles. The number of benzene rings is 1. The fraction of sp³-hybridized carbons (Fsp3) is 0.444. The van der Waals surface area contributed by atoms with Crippen molar-refractivity contribution in [1.82, 2.24) is 0 Å². The Morgan fingerprint density at radius 1 is 1.17 bits per heavy atom. The van der Waals surface area contributed by atoms with E-state index in [2.05, 4.69) is 11.4 Å². The minimum atomic E-state index is -0.861. The van der Waals surface area contributed by atoms with E-state index in [0.29, 0.717) is 23.3 Å². The van der Waals surface area contributed by atoms with Crippen molar-refractivity contribution in [1.29, 1.82) is 0 Å². The number of anilines is 1. The second-order valence-electron chi connectivity index (χ2n) is 6.71. The lowest BCUT2D eigenvalue weighted by atomic mass is 9.62. The number of carboxylic acid groups (broad SMARTS) is 1. The quantitative estimate of drug-likeness (QED) is 0.837. The number of ether oxygens (including phenoxy) is 1. The van der Waals surface area contributed by atoms with Crippen LogP contribution < -0.4 is 10.1 Å². The van der Waals surface area contributed by atoms with Crippen molar-refractivity contribution in [3.8, 4) is 5.75 Å². The Labute approximate surface area is 134 Å². The molecule has 2 saturated carbocycles. The molecule has 6 atom stereocenters. The molecule has 1 aromatic rings. The molecule has 4 aliphatic rings. The lowest BCUT2D eigenvalue weighted by Crippen LogP contribution is -2.48. The number of carbonyl (C=O) groups excluding carboxylic acids is 1. The highest BCUT2D eigenvalue weighted by atomic mass is 16.5. The molecule has 120 valence electrons. The number of allylic oxidation sites excluding steroid dienone is 2. The van der Waals surface area contributed by atoms with Gasteiger partial charge in [-0.25, -0.2) is 0 Å². The van der Waals surface area contributed by atoms with Crippen LogP contribution in [0.2, 0.25) is 0 Å². The van der Waals surface area contributed by atoms with Crippen LogP contribution in [-0.4, -0.2) is 24.1 Å². The first kappa shape index (κ1) is 14.3. The van der Waals surface area contributed by atoms with E-state index in [1.807, 2.05) is 6.08 Å². The molecule has 2 bridgehead atoms. The number of amides is 1. The van der Waals surface area contributed by atoms with E-state index in [4.69, 9.17) is 4.74 Å². The largest absolute Gasteiger partial charge is 0.497 e. The van der Waals surface area contributed by atoms with E-state index < -0.39 is 17.8 Å². The molecule has 0 saturated heterocycles. The van der Waals surface area contributed by atoms with Crippen LogP contribution in [0.5, 0.6) is 5.75 Å². The molecular weight excluding hydrogens is 294 g/mol. The first-order valence-electron chi connectivity index (χ1n) is 7.96. The molecule has 5 rings (SSSR count). The second-order valence-corrected chi connectivity index (χ2v) is 6.71. The van der Waals surface area contributed by atoms with Crippen molar-refractivity contribution >= 4 is 17.6 Å². The maximum absolute atomic E-state index is 12.8. The number of hydrogen-bond donors (Lipinski definition) is 2. The Hall–Kier alpha value is -2.30. The Balaban J connectivity index is 1.59. The monoisotopic (exact) mass is 313 g/mol. The Kier molecular flexibility index (Phi) is 3.18. The zero-order valence-corrected chi connectivity index (χ0v) is 12.8. The number of nitrogens with one attached hydrogen (secondary N) is 1. The van der Waals surface area contributed by atoms with Crippen LogP contribution in [0.4, 0.5) is 5.69 Å². The van der Waals surface area contributed by atoms with E-state index in [1.54, 1.807) is 31.4 Å². The van der Waals surface area contributed by atoms with Gasteiger partial charge in [0, 0.05) is 11.8 Å². The molecule has 5 nitrogen and oxygen atoms in total. The number of hydrogen-bond acceptors (Lipinski definition) is 3. The summed E-state index contributed by atoms with van der Waals surface area (Å²) in [7, 11) is 1.57. The predicted molar refractivity (Wildman–Crippen MR) is 84.0 cm³/mol. The van der Waals surface area contributed by atoms with Gasteiger partial charge in [-0.05, 0) is 42.2 Å². The number of rotatable bonds is 4. The van der Waals surface area contributed by atoms with Crippen LogP contribution in [0.3, 0.4) is 0 Å². The average molecular weight is 313 g/mol. The minimum Gasteiger partial charge on any atom is -0.497 e. The van der Waals surface area contributed by atoms with Gasteiger partial charge in [0.15, 0.2) is 0 Å². The van der Waals surface area contributed by atoms with Crippen molar-refractivity contribution < 1.29 is 19.4 Å². The second kappa shape index (κ2) is 5.11. The Morgan fingerprint density at radius 2 is 1.87 bits per heavy atom. The van der Waals surface area contributed by atoms with Gasteiger partial charge in [-0.2, -0.15) is 0 Å². The highest BCUT2D eigenvalue weighted by Gasteiger charge is 2.62. The van der Waals surface area contributed by atoms with Crippen molar-refractivity contribution in [2.75, 3.05) is 12.4 Å². The molecule has 0 radical (unpaired) electrons. The highest BCUT2D eigenvalue weighted by Crippen LogP contribution is 2.63. The summed E-state index contributed by atoms with van der Waals surface area (Å²) in [6.07, 6.45) is 5.14. The van der Waals surface area contributed by atoms with Crippen LogP contribution in [0.15, 0.2) is 36.4 Å². The third-order valence-corrected chi connectivity index (χ3v) is 5.58. The molecule has 2 N–H and O–H groups in total. The number of methoxy groups -OCH3 is 1. The summed E-state index contributed by atoms with van der Waals surface area (Å²) < 4.78 is 5.16. The van der Waals surface area contributed by atoms with Crippen LogP contribution in [0, 0.1) is 35.5 Å². The van der Waals surface area contributed by atoms with Gasteiger partial charge in [0.2, 0.25) is 5.91 Å². The third kappa shape index (κ3) is 2.22. The summed E-state index contributed by atoms with van der Waals surface area (Å²) in [5.41, 5.74) is 0.635. The van der Waals surface area contributed by atoms with Crippen LogP contribution in [0.1, 0.15) is 6.42 Å². The van der Waals surface area contributed by atoms with Crippen molar-refractivity contribution in [2.45, 2.75) is 6.42 Å². The van der Waals surface area contributed by atoms with Gasteiger partial charge in [0.05, 0.1) is 18.9 Å². The summed E-state index contributed by atoms with van der Waals surface area (Å²) in [5.74, 6) is -0.494. The molecule has 4 aliphatic carbocycles. The molecule has 1 amide bonds. The number of aliphatic carboxylic acids is 1. The van der Waals surface area contributed by atoms with Gasteiger partial charge in [-0.15, -0.1) is 0 Å². The smallest absolute Gasteiger partial charge is 0.307 e. The lowest BCUT2D eigenvalue weighted by Gasteiger charge is -2.41. The summed E-state index contributed by atoms with van der Waals surface area (Å²) in [6, 6.07) is 7.13. The SMILES string of the molecule is COc1cccc(NC(=O)[C@@H]2[C@H]3C=C[C@@H]([C@@H]4C[C@@H]34)[C@H]2C(=O)O)c1. The molecular formula is C18H19NO4. The highest BCUT2D eigenvalue weighted by molar-refractivity contribution is 5.96. The van der Waals surface area contributed by atoms with Crippen molar-refractivity contribution in [3.05, 3.63) is 36.4 Å². The number of fused-ring (bicyclic) bond motifs is 1. The van der Waals surface area contributed by atoms with Crippen molar-refractivity contribution in [3.63, 3.8) is 0 Å². The molecule has 5 heteroatoms. The zero-order chi connectivity index (χ0) is 16.1. The maximum atomic E-state index is 12.8. The van der Waals surface area contributed by atoms with Crippen LogP contribution >= 0.6 is 0 Å². The van der Waals surface area contributed by atoms with Crippen LogP contribution in [0.25, 0.3) is 0 Å². The normalized spacial score (nSPS) is 36.2. The molecule has 0 aromatic heterocycles. The molecule has 0 heterocycles. The van der Waals surface area contributed by atoms with Gasteiger partial charge in [0.25, 0.3) is 0 Å². The Morgan fingerprint density at radius 3 is 2.52 bits per heavy atom. The number of carboxylic acids is 1. The molecule has 23 heavy (non-hydrogen) atoms. The topological polar surface area (TPSA) is 75.6 Å². The first-order valence-corrected chi connectivity index (χ1v) is 7.96. The molecule has 1 aromatic carbocycles. The van der Waals surface area contributed by atoms with E-state index >= 15 is 0 Å². The van der Waals surface area contributed by atoms with E-state index in [1.165, 1.54) is 0 Å². The first-order chi connectivity index (χ1) is 11.1. The van der Waals surface area contributed by atoms with E-state index in [0.717, 1.165) is 6.42 Å². The minimum absolute atomic E-state index is 0.00330.